The van der Waals surface area contributed by atoms with Crippen LogP contribution in [0.25, 0.3) is 11.5 Å². The summed E-state index contributed by atoms with van der Waals surface area (Å²) in [6.45, 7) is 0.387. The zero-order valence-electron chi connectivity index (χ0n) is 13.2. The van der Waals surface area contributed by atoms with Crippen LogP contribution in [0.1, 0.15) is 17.9 Å². The van der Waals surface area contributed by atoms with E-state index >= 15 is 0 Å². The van der Waals surface area contributed by atoms with Gasteiger partial charge < -0.3 is 9.73 Å². The van der Waals surface area contributed by atoms with Gasteiger partial charge in [-0.15, -0.1) is 10.2 Å². The number of hydrogen-bond donors (Lipinski definition) is 1. The predicted octanol–water partition coefficient (Wildman–Crippen LogP) is 4.29. The molecular weight excluding hydrogens is 361 g/mol. The highest BCUT2D eigenvalue weighted by molar-refractivity contribution is 6.31. The van der Waals surface area contributed by atoms with Crippen LogP contribution in [-0.4, -0.2) is 16.1 Å². The van der Waals surface area contributed by atoms with Gasteiger partial charge in [0.1, 0.15) is 0 Å². The van der Waals surface area contributed by atoms with E-state index in [-0.39, 0.29) is 12.3 Å². The molecule has 3 aromatic rings. The summed E-state index contributed by atoms with van der Waals surface area (Å²) in [5, 5.41) is 12.1. The third kappa shape index (κ3) is 4.81. The van der Waals surface area contributed by atoms with E-state index in [2.05, 4.69) is 15.5 Å². The standard InChI is InChI=1S/C18H15Cl2N3O2/c19-14-7-5-12(6-8-14)18-23-22-17(25-18)10-9-16(24)21-11-13-3-1-2-4-15(13)20/h1-8H,9-11H2,(H,21,24). The maximum absolute atomic E-state index is 12.0. The van der Waals surface area contributed by atoms with Crippen LogP contribution in [0.2, 0.25) is 10.0 Å². The van der Waals surface area contributed by atoms with E-state index in [1.807, 2.05) is 18.2 Å². The highest BCUT2D eigenvalue weighted by atomic mass is 35.5. The van der Waals surface area contributed by atoms with Crippen molar-refractivity contribution < 1.29 is 9.21 Å². The summed E-state index contributed by atoms with van der Waals surface area (Å²) >= 11 is 11.9. The summed E-state index contributed by atoms with van der Waals surface area (Å²) in [7, 11) is 0. The Hall–Kier alpha value is -2.37. The van der Waals surface area contributed by atoms with Crippen LogP contribution < -0.4 is 5.32 Å². The Morgan fingerprint density at radius 1 is 1.04 bits per heavy atom. The monoisotopic (exact) mass is 375 g/mol. The number of carbonyl (C=O) groups is 1. The van der Waals surface area contributed by atoms with E-state index in [9.17, 15) is 4.79 Å². The van der Waals surface area contributed by atoms with Crippen LogP contribution in [0, 0.1) is 0 Å². The average Bonchev–Trinajstić information content (AvgIpc) is 3.09. The number of rotatable bonds is 6. The van der Waals surface area contributed by atoms with Gasteiger partial charge in [0.15, 0.2) is 0 Å². The quantitative estimate of drug-likeness (QED) is 0.697. The molecule has 1 heterocycles. The molecule has 0 radical (unpaired) electrons. The summed E-state index contributed by atoms with van der Waals surface area (Å²) in [6, 6.07) is 14.5. The largest absolute Gasteiger partial charge is 0.421 e. The Labute approximate surface area is 155 Å². The lowest BCUT2D eigenvalue weighted by atomic mass is 10.2. The minimum absolute atomic E-state index is 0.105. The molecular formula is C18H15Cl2N3O2. The molecule has 0 spiro atoms. The lowest BCUT2D eigenvalue weighted by molar-refractivity contribution is -0.121. The Kier molecular flexibility index (Phi) is 5.68. The molecule has 2 aromatic carbocycles. The van der Waals surface area contributed by atoms with Gasteiger partial charge in [0.2, 0.25) is 17.7 Å². The second-order valence-electron chi connectivity index (χ2n) is 5.38. The van der Waals surface area contributed by atoms with Crippen LogP contribution in [-0.2, 0) is 17.8 Å². The fourth-order valence-corrected chi connectivity index (χ4v) is 2.54. The smallest absolute Gasteiger partial charge is 0.247 e. The van der Waals surface area contributed by atoms with Gasteiger partial charge in [-0.05, 0) is 35.9 Å². The molecule has 5 nitrogen and oxygen atoms in total. The predicted molar refractivity (Wildman–Crippen MR) is 96.4 cm³/mol. The van der Waals surface area contributed by atoms with Crippen molar-refractivity contribution in [2.75, 3.05) is 0 Å². The van der Waals surface area contributed by atoms with Gasteiger partial charge >= 0.3 is 0 Å². The van der Waals surface area contributed by atoms with Gasteiger partial charge in [0.05, 0.1) is 0 Å². The molecule has 7 heteroatoms. The van der Waals surface area contributed by atoms with Crippen molar-refractivity contribution in [3.8, 4) is 11.5 Å². The number of hydrogen-bond acceptors (Lipinski definition) is 4. The van der Waals surface area contributed by atoms with Crippen molar-refractivity contribution in [2.24, 2.45) is 0 Å². The van der Waals surface area contributed by atoms with Gasteiger partial charge in [-0.2, -0.15) is 0 Å². The summed E-state index contributed by atoms with van der Waals surface area (Å²) < 4.78 is 5.58. The highest BCUT2D eigenvalue weighted by Crippen LogP contribution is 2.20. The van der Waals surface area contributed by atoms with E-state index in [4.69, 9.17) is 27.6 Å². The first-order valence-electron chi connectivity index (χ1n) is 7.70. The lowest BCUT2D eigenvalue weighted by Gasteiger charge is -2.06. The number of amides is 1. The Balaban J connectivity index is 1.51. The summed E-state index contributed by atoms with van der Waals surface area (Å²) in [5.74, 6) is 0.715. The first kappa shape index (κ1) is 17.5. The maximum Gasteiger partial charge on any atom is 0.247 e. The van der Waals surface area contributed by atoms with E-state index in [0.717, 1.165) is 11.1 Å². The van der Waals surface area contributed by atoms with Gasteiger partial charge in [-0.3, -0.25) is 4.79 Å². The normalized spacial score (nSPS) is 10.6. The fourth-order valence-electron chi connectivity index (χ4n) is 2.21. The van der Waals surface area contributed by atoms with Crippen molar-refractivity contribution in [3.63, 3.8) is 0 Å². The molecule has 0 atom stereocenters. The Morgan fingerprint density at radius 2 is 1.80 bits per heavy atom. The second kappa shape index (κ2) is 8.14. The summed E-state index contributed by atoms with van der Waals surface area (Å²) in [5.41, 5.74) is 1.66. The van der Waals surface area contributed by atoms with Gasteiger partial charge in [-0.1, -0.05) is 41.4 Å². The molecule has 0 aliphatic heterocycles. The van der Waals surface area contributed by atoms with Crippen LogP contribution >= 0.6 is 23.2 Å². The topological polar surface area (TPSA) is 68.0 Å². The van der Waals surface area contributed by atoms with Crippen LogP contribution in [0.4, 0.5) is 0 Å². The zero-order valence-corrected chi connectivity index (χ0v) is 14.7. The molecule has 128 valence electrons. The maximum atomic E-state index is 12.0. The van der Waals surface area contributed by atoms with Crippen molar-refractivity contribution in [2.45, 2.75) is 19.4 Å². The van der Waals surface area contributed by atoms with Crippen LogP contribution in [0.5, 0.6) is 0 Å². The number of aryl methyl sites for hydroxylation is 1. The Bertz CT molecular complexity index is 863. The first-order valence-corrected chi connectivity index (χ1v) is 8.46. The van der Waals surface area contributed by atoms with E-state index in [1.54, 1.807) is 30.3 Å². The van der Waals surface area contributed by atoms with Gasteiger partial charge in [0.25, 0.3) is 0 Å². The summed E-state index contributed by atoms with van der Waals surface area (Å²) in [6.07, 6.45) is 0.627. The van der Waals surface area contributed by atoms with Gasteiger partial charge in [0, 0.05) is 35.0 Å². The van der Waals surface area contributed by atoms with Crippen molar-refractivity contribution >= 4 is 29.1 Å². The molecule has 0 aliphatic carbocycles. The third-order valence-electron chi connectivity index (χ3n) is 3.56. The van der Waals surface area contributed by atoms with E-state index in [1.165, 1.54) is 0 Å². The third-order valence-corrected chi connectivity index (χ3v) is 4.18. The van der Waals surface area contributed by atoms with E-state index in [0.29, 0.717) is 34.8 Å². The Morgan fingerprint density at radius 3 is 2.56 bits per heavy atom. The lowest BCUT2D eigenvalue weighted by Crippen LogP contribution is -2.23. The first-order chi connectivity index (χ1) is 12.1. The number of benzene rings is 2. The number of halogens is 2. The fraction of sp³-hybridized carbons (Fsp3) is 0.167. The van der Waals surface area contributed by atoms with Crippen molar-refractivity contribution in [3.05, 3.63) is 70.0 Å². The molecule has 0 saturated heterocycles. The molecule has 0 saturated carbocycles. The molecule has 1 N–H and O–H groups in total. The number of nitrogens with one attached hydrogen (secondary N) is 1. The van der Waals surface area contributed by atoms with Crippen molar-refractivity contribution in [1.29, 1.82) is 0 Å². The molecule has 1 amide bonds. The molecule has 0 bridgehead atoms. The van der Waals surface area contributed by atoms with Crippen LogP contribution in [0.15, 0.2) is 52.9 Å². The number of carbonyl (C=O) groups excluding carboxylic acids is 1. The van der Waals surface area contributed by atoms with Crippen LogP contribution in [0.3, 0.4) is 0 Å². The number of aromatic nitrogens is 2. The molecule has 3 rings (SSSR count). The number of nitrogens with zero attached hydrogens (tertiary/aromatic N) is 2. The molecule has 0 aliphatic rings. The van der Waals surface area contributed by atoms with Crippen molar-refractivity contribution in [1.82, 2.24) is 15.5 Å². The second-order valence-corrected chi connectivity index (χ2v) is 6.22. The minimum Gasteiger partial charge on any atom is -0.421 e. The van der Waals surface area contributed by atoms with Gasteiger partial charge in [-0.25, -0.2) is 0 Å². The molecule has 0 unspecified atom stereocenters. The minimum atomic E-state index is -0.105. The average molecular weight is 376 g/mol. The molecule has 0 fully saturated rings. The zero-order chi connectivity index (χ0) is 17.6. The van der Waals surface area contributed by atoms with E-state index < -0.39 is 0 Å². The SMILES string of the molecule is O=C(CCc1nnc(-c2ccc(Cl)cc2)o1)NCc1ccccc1Cl. The molecule has 1 aromatic heterocycles. The highest BCUT2D eigenvalue weighted by Gasteiger charge is 2.11. The summed E-state index contributed by atoms with van der Waals surface area (Å²) in [4.78, 5) is 12.0. The molecule has 25 heavy (non-hydrogen) atoms.